The molecule has 2 aliphatic heterocycles. The van der Waals surface area contributed by atoms with Crippen LogP contribution in [0.15, 0.2) is 12.7 Å². The molecule has 0 atom stereocenters. The van der Waals surface area contributed by atoms with Gasteiger partial charge in [0.25, 0.3) is 5.88 Å². The van der Waals surface area contributed by atoms with Gasteiger partial charge in [0, 0.05) is 6.92 Å². The second kappa shape index (κ2) is 2.95. The predicted octanol–water partition coefficient (Wildman–Crippen LogP) is -0.583. The van der Waals surface area contributed by atoms with Gasteiger partial charge in [-0.1, -0.05) is 0 Å². The number of nitrogen functional groups attached to an aromatic ring is 1. The average molecular weight is 193 g/mol. The van der Waals surface area contributed by atoms with Gasteiger partial charge in [0.15, 0.2) is 11.5 Å². The van der Waals surface area contributed by atoms with E-state index in [2.05, 4.69) is 15.0 Å². The fourth-order valence-corrected chi connectivity index (χ4v) is 1.03. The van der Waals surface area contributed by atoms with Crippen molar-refractivity contribution in [3.63, 3.8) is 0 Å². The van der Waals surface area contributed by atoms with E-state index in [1.54, 1.807) is 0 Å². The van der Waals surface area contributed by atoms with Gasteiger partial charge in [-0.25, -0.2) is 19.6 Å². The van der Waals surface area contributed by atoms with Crippen LogP contribution in [-0.4, -0.2) is 25.6 Å². The monoisotopic (exact) mass is 193 g/mol. The molecular weight excluding hydrogens is 186 g/mol. The molecule has 2 N–H and O–H groups in total. The normalized spacial score (nSPS) is 10.4. The number of imidazole rings is 1. The van der Waals surface area contributed by atoms with Crippen molar-refractivity contribution in [3.05, 3.63) is 12.7 Å². The van der Waals surface area contributed by atoms with Crippen molar-refractivity contribution in [1.29, 1.82) is 0 Å². The molecule has 2 heterocycles. The van der Waals surface area contributed by atoms with E-state index in [9.17, 15) is 4.79 Å². The minimum Gasteiger partial charge on any atom is -0.405 e. The molecule has 7 heteroatoms. The smallest absolute Gasteiger partial charge is 0.309 e. The molecule has 0 bridgehead atoms. The summed E-state index contributed by atoms with van der Waals surface area (Å²) < 4.78 is 5.95. The van der Waals surface area contributed by atoms with Crippen LogP contribution < -0.4 is 10.6 Å². The SMILES string of the molecule is CC(=O)Oc1c2ncnc-2ncn1N. The molecule has 0 aromatic rings. The summed E-state index contributed by atoms with van der Waals surface area (Å²) in [7, 11) is 0. The first-order valence-corrected chi connectivity index (χ1v) is 3.80. The number of aromatic nitrogens is 4. The second-order valence-corrected chi connectivity index (χ2v) is 2.60. The van der Waals surface area contributed by atoms with Gasteiger partial charge in [0.2, 0.25) is 0 Å². The Bertz CT molecular complexity index is 452. The summed E-state index contributed by atoms with van der Waals surface area (Å²) in [4.78, 5) is 22.4. The van der Waals surface area contributed by atoms with E-state index in [4.69, 9.17) is 10.6 Å². The molecule has 7 nitrogen and oxygen atoms in total. The highest BCUT2D eigenvalue weighted by Gasteiger charge is 2.18. The summed E-state index contributed by atoms with van der Waals surface area (Å²) in [5.74, 6) is 5.56. The third-order valence-corrected chi connectivity index (χ3v) is 1.56. The molecule has 2 aliphatic rings. The number of nitrogens with two attached hydrogens (primary N) is 1. The number of hydrogen-bond donors (Lipinski definition) is 1. The van der Waals surface area contributed by atoms with E-state index in [1.165, 1.54) is 19.6 Å². The Balaban J connectivity index is 2.56. The molecule has 2 rings (SSSR count). The van der Waals surface area contributed by atoms with E-state index in [1.807, 2.05) is 0 Å². The molecule has 0 saturated heterocycles. The van der Waals surface area contributed by atoms with E-state index < -0.39 is 5.97 Å². The molecule has 0 aromatic carbocycles. The highest BCUT2D eigenvalue weighted by atomic mass is 16.5. The number of hydrogen-bond acceptors (Lipinski definition) is 6. The van der Waals surface area contributed by atoms with Crippen molar-refractivity contribution in [2.24, 2.45) is 0 Å². The largest absolute Gasteiger partial charge is 0.405 e. The molecule has 0 radical (unpaired) electrons. The number of rotatable bonds is 1. The third-order valence-electron chi connectivity index (χ3n) is 1.56. The second-order valence-electron chi connectivity index (χ2n) is 2.60. The fraction of sp³-hybridized carbons (Fsp3) is 0.143. The van der Waals surface area contributed by atoms with Crippen molar-refractivity contribution in [2.45, 2.75) is 6.92 Å². The highest BCUT2D eigenvalue weighted by molar-refractivity contribution is 5.71. The third kappa shape index (κ3) is 1.24. The standard InChI is InChI=1S/C7H7N5O2/c1-4(13)14-7-5-6(10-2-9-5)11-3-12(7)8/h2-3H,8H2,1H3. The van der Waals surface area contributed by atoms with Crippen molar-refractivity contribution >= 4 is 5.97 Å². The first-order chi connectivity index (χ1) is 6.68. The van der Waals surface area contributed by atoms with E-state index in [0.29, 0.717) is 11.5 Å². The van der Waals surface area contributed by atoms with E-state index >= 15 is 0 Å². The Morgan fingerprint density at radius 1 is 1.50 bits per heavy atom. The lowest BCUT2D eigenvalue weighted by molar-refractivity contribution is -0.132. The van der Waals surface area contributed by atoms with Gasteiger partial charge in [0.05, 0.1) is 0 Å². The summed E-state index contributed by atoms with van der Waals surface area (Å²) in [6.07, 6.45) is 2.62. The zero-order valence-corrected chi connectivity index (χ0v) is 7.34. The minimum absolute atomic E-state index is 0.139. The number of carbonyl (C=O) groups excluding carboxylic acids is 1. The highest BCUT2D eigenvalue weighted by Crippen LogP contribution is 2.24. The Hall–Kier alpha value is -2.18. The summed E-state index contributed by atoms with van der Waals surface area (Å²) in [5.41, 5.74) is 0.366. The quantitative estimate of drug-likeness (QED) is 0.480. The molecule has 0 saturated carbocycles. The molecule has 0 unspecified atom stereocenters. The lowest BCUT2D eigenvalue weighted by atomic mass is 10.4. The van der Waals surface area contributed by atoms with Gasteiger partial charge < -0.3 is 10.6 Å². The van der Waals surface area contributed by atoms with Gasteiger partial charge in [-0.05, 0) is 0 Å². The fourth-order valence-electron chi connectivity index (χ4n) is 1.03. The van der Waals surface area contributed by atoms with Gasteiger partial charge in [0.1, 0.15) is 12.7 Å². The van der Waals surface area contributed by atoms with Gasteiger partial charge in [-0.15, -0.1) is 0 Å². The van der Waals surface area contributed by atoms with Crippen LogP contribution in [0.5, 0.6) is 5.88 Å². The Kier molecular flexibility index (Phi) is 1.77. The van der Waals surface area contributed by atoms with Gasteiger partial charge >= 0.3 is 5.97 Å². The first kappa shape index (κ1) is 8.42. The molecule has 0 aliphatic carbocycles. The van der Waals surface area contributed by atoms with Crippen LogP contribution in [0.25, 0.3) is 11.5 Å². The van der Waals surface area contributed by atoms with Crippen LogP contribution in [0.4, 0.5) is 0 Å². The van der Waals surface area contributed by atoms with Crippen LogP contribution >= 0.6 is 0 Å². The van der Waals surface area contributed by atoms with E-state index in [0.717, 1.165) is 4.68 Å². The number of ether oxygens (including phenoxy) is 1. The van der Waals surface area contributed by atoms with Crippen molar-refractivity contribution in [3.8, 4) is 17.4 Å². The molecule has 0 fully saturated rings. The summed E-state index contributed by atoms with van der Waals surface area (Å²) in [6.45, 7) is 1.28. The lowest BCUT2D eigenvalue weighted by Crippen LogP contribution is -2.17. The molecular formula is C7H7N5O2. The van der Waals surface area contributed by atoms with Crippen LogP contribution in [0.2, 0.25) is 0 Å². The maximum atomic E-state index is 10.8. The maximum Gasteiger partial charge on any atom is 0.309 e. The summed E-state index contributed by atoms with van der Waals surface area (Å²) >= 11 is 0. The van der Waals surface area contributed by atoms with Crippen LogP contribution in [-0.2, 0) is 4.79 Å². The Labute approximate surface area is 78.9 Å². The van der Waals surface area contributed by atoms with Crippen LogP contribution in [0, 0.1) is 0 Å². The first-order valence-electron chi connectivity index (χ1n) is 3.80. The van der Waals surface area contributed by atoms with E-state index in [-0.39, 0.29) is 5.88 Å². The summed E-state index contributed by atoms with van der Waals surface area (Å²) in [6, 6.07) is 0. The van der Waals surface area contributed by atoms with Crippen molar-refractivity contribution < 1.29 is 9.53 Å². The zero-order chi connectivity index (χ0) is 10.1. The Morgan fingerprint density at radius 2 is 2.29 bits per heavy atom. The summed E-state index contributed by atoms with van der Waals surface area (Å²) in [5, 5.41) is 0. The topological polar surface area (TPSA) is 95.9 Å². The minimum atomic E-state index is -0.472. The Morgan fingerprint density at radius 3 is 3.00 bits per heavy atom. The molecule has 0 amide bonds. The van der Waals surface area contributed by atoms with Gasteiger partial charge in [-0.2, -0.15) is 0 Å². The lowest BCUT2D eigenvalue weighted by Gasteiger charge is -2.08. The average Bonchev–Trinajstić information content (AvgIpc) is 2.57. The number of esters is 1. The molecule has 0 aromatic heterocycles. The molecule has 72 valence electrons. The van der Waals surface area contributed by atoms with Crippen molar-refractivity contribution in [2.75, 3.05) is 5.84 Å². The number of nitrogens with zero attached hydrogens (tertiary/aromatic N) is 4. The predicted molar refractivity (Wildman–Crippen MR) is 45.9 cm³/mol. The van der Waals surface area contributed by atoms with Crippen LogP contribution in [0.1, 0.15) is 6.92 Å². The molecule has 14 heavy (non-hydrogen) atoms. The zero-order valence-electron chi connectivity index (χ0n) is 7.34. The maximum absolute atomic E-state index is 10.8. The molecule has 0 spiro atoms. The van der Waals surface area contributed by atoms with Gasteiger partial charge in [-0.3, -0.25) is 4.79 Å². The van der Waals surface area contributed by atoms with Crippen molar-refractivity contribution in [1.82, 2.24) is 19.6 Å². The number of fused-ring (bicyclic) bond motifs is 1. The van der Waals surface area contributed by atoms with Crippen LogP contribution in [0.3, 0.4) is 0 Å². The number of carbonyl (C=O) groups is 1.